The molecule has 0 saturated carbocycles. The molecule has 0 bridgehead atoms. The van der Waals surface area contributed by atoms with Crippen LogP contribution >= 0.6 is 11.8 Å². The molecular formula is C7H9F3N4OS. The van der Waals surface area contributed by atoms with E-state index in [1.165, 1.54) is 6.33 Å². The largest absolute Gasteiger partial charge is 0.405 e. The van der Waals surface area contributed by atoms with Crippen LogP contribution in [0.15, 0.2) is 11.5 Å². The van der Waals surface area contributed by atoms with Gasteiger partial charge in [-0.05, 0) is 0 Å². The number of thioether (sulfide) groups is 1. The van der Waals surface area contributed by atoms with E-state index >= 15 is 0 Å². The van der Waals surface area contributed by atoms with Crippen molar-refractivity contribution in [1.82, 2.24) is 20.1 Å². The first-order valence-electron chi connectivity index (χ1n) is 4.19. The molecule has 0 aromatic carbocycles. The van der Waals surface area contributed by atoms with Gasteiger partial charge in [-0.1, -0.05) is 11.8 Å². The van der Waals surface area contributed by atoms with E-state index in [-0.39, 0.29) is 5.75 Å². The second-order valence-corrected chi connectivity index (χ2v) is 3.85. The third-order valence-corrected chi connectivity index (χ3v) is 2.52. The van der Waals surface area contributed by atoms with E-state index in [4.69, 9.17) is 0 Å². The molecule has 0 aliphatic rings. The fraction of sp³-hybridized carbons (Fsp3) is 0.571. The van der Waals surface area contributed by atoms with Gasteiger partial charge in [-0.3, -0.25) is 4.79 Å². The molecule has 0 atom stereocenters. The van der Waals surface area contributed by atoms with Crippen LogP contribution in [0, 0.1) is 0 Å². The van der Waals surface area contributed by atoms with Crippen LogP contribution in [-0.2, 0) is 11.8 Å². The first-order valence-corrected chi connectivity index (χ1v) is 5.17. The molecule has 1 N–H and O–H groups in total. The van der Waals surface area contributed by atoms with E-state index in [2.05, 4.69) is 10.2 Å². The van der Waals surface area contributed by atoms with E-state index in [1.54, 1.807) is 16.9 Å². The Morgan fingerprint density at radius 1 is 1.62 bits per heavy atom. The first-order chi connectivity index (χ1) is 7.38. The molecule has 0 radical (unpaired) electrons. The van der Waals surface area contributed by atoms with E-state index in [0.29, 0.717) is 5.16 Å². The van der Waals surface area contributed by atoms with Crippen LogP contribution in [0.1, 0.15) is 0 Å². The molecule has 0 saturated heterocycles. The highest BCUT2D eigenvalue weighted by atomic mass is 32.2. The van der Waals surface area contributed by atoms with Gasteiger partial charge in [0.25, 0.3) is 0 Å². The van der Waals surface area contributed by atoms with E-state index < -0.39 is 18.6 Å². The van der Waals surface area contributed by atoms with Gasteiger partial charge in [0.15, 0.2) is 5.16 Å². The van der Waals surface area contributed by atoms with E-state index in [0.717, 1.165) is 11.8 Å². The Bertz CT molecular complexity index is 365. The lowest BCUT2D eigenvalue weighted by Gasteiger charge is -2.07. The van der Waals surface area contributed by atoms with Crippen molar-refractivity contribution in [1.29, 1.82) is 0 Å². The molecule has 1 heterocycles. The summed E-state index contributed by atoms with van der Waals surface area (Å²) in [7, 11) is 1.68. The third-order valence-electron chi connectivity index (χ3n) is 1.49. The number of nitrogens with one attached hydrogen (secondary N) is 1. The number of hydrogen-bond acceptors (Lipinski definition) is 4. The molecule has 9 heteroatoms. The molecule has 0 unspecified atom stereocenters. The van der Waals surface area contributed by atoms with E-state index in [9.17, 15) is 18.0 Å². The maximum absolute atomic E-state index is 11.7. The number of nitrogens with zero attached hydrogens (tertiary/aromatic N) is 3. The summed E-state index contributed by atoms with van der Waals surface area (Å²) in [5.41, 5.74) is 0. The summed E-state index contributed by atoms with van der Waals surface area (Å²) in [4.78, 5) is 11.0. The predicted octanol–water partition coefficient (Wildman–Crippen LogP) is 0.586. The quantitative estimate of drug-likeness (QED) is 0.799. The normalized spacial score (nSPS) is 11.5. The van der Waals surface area contributed by atoms with E-state index in [1.807, 2.05) is 0 Å². The number of aromatic nitrogens is 3. The molecule has 5 nitrogen and oxygen atoms in total. The SMILES string of the molecule is Cn1cnnc1SCC(=O)NCC(F)(F)F. The number of hydrogen-bond donors (Lipinski definition) is 1. The minimum Gasteiger partial charge on any atom is -0.346 e. The number of carbonyl (C=O) groups excluding carboxylic acids is 1. The second-order valence-electron chi connectivity index (χ2n) is 2.91. The fourth-order valence-corrected chi connectivity index (χ4v) is 1.50. The summed E-state index contributed by atoms with van der Waals surface area (Å²) < 4.78 is 36.8. The van der Waals surface area contributed by atoms with Gasteiger partial charge in [-0.2, -0.15) is 13.2 Å². The average molecular weight is 254 g/mol. The highest BCUT2D eigenvalue weighted by Crippen LogP contribution is 2.14. The molecular weight excluding hydrogens is 245 g/mol. The van der Waals surface area contributed by atoms with Crippen molar-refractivity contribution >= 4 is 17.7 Å². The number of amides is 1. The second kappa shape index (κ2) is 5.19. The molecule has 1 aromatic heterocycles. The maximum atomic E-state index is 11.7. The summed E-state index contributed by atoms with van der Waals surface area (Å²) in [5, 5.41) is 9.47. The Labute approximate surface area is 93.4 Å². The van der Waals surface area contributed by atoms with Crippen LogP contribution in [0.4, 0.5) is 13.2 Å². The van der Waals surface area contributed by atoms with Gasteiger partial charge in [0.2, 0.25) is 5.91 Å². The summed E-state index contributed by atoms with van der Waals surface area (Å²) >= 11 is 1.02. The lowest BCUT2D eigenvalue weighted by atomic mass is 10.6. The molecule has 0 aliphatic carbocycles. The molecule has 1 rings (SSSR count). The minimum absolute atomic E-state index is 0.122. The van der Waals surface area contributed by atoms with Crippen LogP contribution in [0.5, 0.6) is 0 Å². The zero-order valence-corrected chi connectivity index (χ0v) is 9.10. The topological polar surface area (TPSA) is 59.8 Å². The van der Waals surface area contributed by atoms with Crippen LogP contribution in [-0.4, -0.2) is 39.1 Å². The average Bonchev–Trinajstić information content (AvgIpc) is 2.57. The Kier molecular flexibility index (Phi) is 4.16. The van der Waals surface area contributed by atoms with Gasteiger partial charge in [-0.15, -0.1) is 10.2 Å². The van der Waals surface area contributed by atoms with Gasteiger partial charge < -0.3 is 9.88 Å². The number of carbonyl (C=O) groups is 1. The van der Waals surface area contributed by atoms with Crippen LogP contribution in [0.3, 0.4) is 0 Å². The monoisotopic (exact) mass is 254 g/mol. The third kappa shape index (κ3) is 4.51. The van der Waals surface area contributed by atoms with Crippen molar-refractivity contribution in [3.8, 4) is 0 Å². The summed E-state index contributed by atoms with van der Waals surface area (Å²) in [5.74, 6) is -0.812. The molecule has 1 aromatic rings. The smallest absolute Gasteiger partial charge is 0.346 e. The number of alkyl halides is 3. The molecule has 0 spiro atoms. The van der Waals surface area contributed by atoms with Crippen LogP contribution in [0.25, 0.3) is 0 Å². The van der Waals surface area contributed by atoms with Crippen molar-refractivity contribution in [2.75, 3.05) is 12.3 Å². The summed E-state index contributed by atoms with van der Waals surface area (Å²) in [6.45, 7) is -1.31. The molecule has 16 heavy (non-hydrogen) atoms. The zero-order valence-electron chi connectivity index (χ0n) is 8.28. The van der Waals surface area contributed by atoms with Gasteiger partial charge in [0, 0.05) is 7.05 Å². The summed E-state index contributed by atoms with van der Waals surface area (Å²) in [6.07, 6.45) is -2.94. The number of aryl methyl sites for hydroxylation is 1. The van der Waals surface area contributed by atoms with Crippen molar-refractivity contribution in [2.24, 2.45) is 7.05 Å². The Balaban J connectivity index is 2.29. The molecule has 0 fully saturated rings. The molecule has 90 valence electrons. The lowest BCUT2D eigenvalue weighted by molar-refractivity contribution is -0.136. The van der Waals surface area contributed by atoms with Gasteiger partial charge in [0.1, 0.15) is 12.9 Å². The maximum Gasteiger partial charge on any atom is 0.405 e. The lowest BCUT2D eigenvalue weighted by Crippen LogP contribution is -2.34. The zero-order chi connectivity index (χ0) is 12.2. The van der Waals surface area contributed by atoms with Gasteiger partial charge in [0.05, 0.1) is 5.75 Å². The molecule has 1 amide bonds. The highest BCUT2D eigenvalue weighted by molar-refractivity contribution is 7.99. The van der Waals surface area contributed by atoms with Crippen molar-refractivity contribution < 1.29 is 18.0 Å². The number of halogens is 3. The standard InChI is InChI=1S/C7H9F3N4OS/c1-14-4-12-13-6(14)16-2-5(15)11-3-7(8,9)10/h4H,2-3H2,1H3,(H,11,15). The minimum atomic E-state index is -4.38. The Morgan fingerprint density at radius 2 is 2.31 bits per heavy atom. The van der Waals surface area contributed by atoms with Gasteiger partial charge in [-0.25, -0.2) is 0 Å². The summed E-state index contributed by atoms with van der Waals surface area (Å²) in [6, 6.07) is 0. The van der Waals surface area contributed by atoms with Crippen molar-refractivity contribution in [2.45, 2.75) is 11.3 Å². The van der Waals surface area contributed by atoms with Crippen molar-refractivity contribution in [3.63, 3.8) is 0 Å². The van der Waals surface area contributed by atoms with Gasteiger partial charge >= 0.3 is 6.18 Å². The predicted molar refractivity (Wildman–Crippen MR) is 50.8 cm³/mol. The van der Waals surface area contributed by atoms with Crippen LogP contribution < -0.4 is 5.32 Å². The van der Waals surface area contributed by atoms with Crippen LogP contribution in [0.2, 0.25) is 0 Å². The Morgan fingerprint density at radius 3 is 2.81 bits per heavy atom. The fourth-order valence-electron chi connectivity index (χ4n) is 0.783. The Hall–Kier alpha value is -1.25. The van der Waals surface area contributed by atoms with Crippen molar-refractivity contribution in [3.05, 3.63) is 6.33 Å². The number of rotatable bonds is 4. The first kappa shape index (κ1) is 12.8. The molecule has 0 aliphatic heterocycles. The highest BCUT2D eigenvalue weighted by Gasteiger charge is 2.27.